The van der Waals surface area contributed by atoms with Crippen molar-refractivity contribution in [3.8, 4) is 0 Å². The van der Waals surface area contributed by atoms with Crippen molar-refractivity contribution in [1.29, 1.82) is 0 Å². The topological polar surface area (TPSA) is 93.1 Å². The second kappa shape index (κ2) is 7.26. The van der Waals surface area contributed by atoms with Gasteiger partial charge in [-0.25, -0.2) is 0 Å². The Labute approximate surface area is 157 Å². The summed E-state index contributed by atoms with van der Waals surface area (Å²) in [4.78, 5) is 36.4. The fourth-order valence-electron chi connectivity index (χ4n) is 3.94. The van der Waals surface area contributed by atoms with Gasteiger partial charge in [0.05, 0.1) is 24.5 Å². The third kappa shape index (κ3) is 3.53. The first-order chi connectivity index (χ1) is 13.1. The van der Waals surface area contributed by atoms with Gasteiger partial charge in [-0.3, -0.25) is 14.6 Å². The molecule has 0 radical (unpaired) electrons. The maximum absolute atomic E-state index is 12.7. The number of carbonyl (C=O) groups excluding carboxylic acids is 2. The maximum Gasteiger partial charge on any atom is 0.269 e. The highest BCUT2D eigenvalue weighted by atomic mass is 16.6. The molecule has 1 aliphatic carbocycles. The summed E-state index contributed by atoms with van der Waals surface area (Å²) in [5.41, 5.74) is 0.980. The summed E-state index contributed by atoms with van der Waals surface area (Å²) < 4.78 is 5.56. The number of fused-ring (bicyclic) bond motifs is 1. The fourth-order valence-corrected chi connectivity index (χ4v) is 3.94. The standard InChI is InChI=1S/C19H24N4O4/c1-26-19(5-3-6-19)8-16(24)23-11-14-15(12-23)27-22-17(14)18(25)21-10-13-4-2-7-20-9-13/h2,4,7,9,14-15H,3,5-6,8,10-12H2,1H3,(H,21,25)/t14-,15+/m0/s1. The molecule has 0 aromatic carbocycles. The van der Waals surface area contributed by atoms with E-state index in [-0.39, 0.29) is 29.4 Å². The highest BCUT2D eigenvalue weighted by Crippen LogP contribution is 2.39. The lowest BCUT2D eigenvalue weighted by Gasteiger charge is -2.40. The average Bonchev–Trinajstić information content (AvgIpc) is 3.24. The number of hydrogen-bond acceptors (Lipinski definition) is 6. The molecular weight excluding hydrogens is 348 g/mol. The molecule has 27 heavy (non-hydrogen) atoms. The van der Waals surface area contributed by atoms with Crippen molar-refractivity contribution in [3.63, 3.8) is 0 Å². The lowest BCUT2D eigenvalue weighted by molar-refractivity contribution is -0.143. The van der Waals surface area contributed by atoms with Crippen LogP contribution in [-0.2, 0) is 25.7 Å². The van der Waals surface area contributed by atoms with Crippen LogP contribution >= 0.6 is 0 Å². The van der Waals surface area contributed by atoms with Crippen LogP contribution < -0.4 is 5.32 Å². The van der Waals surface area contributed by atoms with Crippen LogP contribution in [0.15, 0.2) is 29.7 Å². The van der Waals surface area contributed by atoms with E-state index in [1.807, 2.05) is 12.1 Å². The molecule has 2 amide bonds. The third-order valence-corrected chi connectivity index (χ3v) is 5.84. The molecule has 8 heteroatoms. The molecule has 1 N–H and O–H groups in total. The molecule has 2 atom stereocenters. The molecular formula is C19H24N4O4. The van der Waals surface area contributed by atoms with Crippen LogP contribution in [0, 0.1) is 5.92 Å². The van der Waals surface area contributed by atoms with E-state index in [4.69, 9.17) is 9.57 Å². The molecule has 0 bridgehead atoms. The van der Waals surface area contributed by atoms with Crippen LogP contribution in [0.3, 0.4) is 0 Å². The van der Waals surface area contributed by atoms with Crippen molar-refractivity contribution < 1.29 is 19.2 Å². The number of hydrogen-bond donors (Lipinski definition) is 1. The van der Waals surface area contributed by atoms with Crippen LogP contribution in [0.2, 0.25) is 0 Å². The van der Waals surface area contributed by atoms with Gasteiger partial charge in [-0.15, -0.1) is 0 Å². The van der Waals surface area contributed by atoms with E-state index in [9.17, 15) is 9.59 Å². The summed E-state index contributed by atoms with van der Waals surface area (Å²) in [7, 11) is 1.67. The quantitative estimate of drug-likeness (QED) is 0.800. The number of pyridine rings is 1. The molecule has 1 aromatic rings. The highest BCUT2D eigenvalue weighted by Gasteiger charge is 2.48. The summed E-state index contributed by atoms with van der Waals surface area (Å²) >= 11 is 0. The predicted octanol–water partition coefficient (Wildman–Crippen LogP) is 0.870. The van der Waals surface area contributed by atoms with Gasteiger partial charge in [0.1, 0.15) is 0 Å². The SMILES string of the molecule is COC1(CC(=O)N2C[C@@H]3C(C(=O)NCc4cccnc4)=NO[C@@H]3C2)CCC1. The number of nitrogens with one attached hydrogen (secondary N) is 1. The van der Waals surface area contributed by atoms with Gasteiger partial charge in [0.25, 0.3) is 5.91 Å². The second-order valence-corrected chi connectivity index (χ2v) is 7.49. The number of amides is 2. The van der Waals surface area contributed by atoms with E-state index in [2.05, 4.69) is 15.5 Å². The normalized spacial score (nSPS) is 25.2. The van der Waals surface area contributed by atoms with Crippen molar-refractivity contribution in [2.24, 2.45) is 11.1 Å². The Morgan fingerprint density at radius 3 is 2.93 bits per heavy atom. The van der Waals surface area contributed by atoms with Crippen LogP contribution in [0.25, 0.3) is 0 Å². The number of methoxy groups -OCH3 is 1. The highest BCUT2D eigenvalue weighted by molar-refractivity contribution is 6.40. The van der Waals surface area contributed by atoms with Gasteiger partial charge in [0.15, 0.2) is 11.8 Å². The molecule has 8 nitrogen and oxygen atoms in total. The second-order valence-electron chi connectivity index (χ2n) is 7.49. The molecule has 2 aliphatic heterocycles. The zero-order chi connectivity index (χ0) is 18.9. The number of aromatic nitrogens is 1. The Hall–Kier alpha value is -2.48. The van der Waals surface area contributed by atoms with Crippen molar-refractivity contribution in [2.45, 2.75) is 43.9 Å². The van der Waals surface area contributed by atoms with Gasteiger partial charge >= 0.3 is 0 Å². The molecule has 3 aliphatic rings. The summed E-state index contributed by atoms with van der Waals surface area (Å²) in [6.07, 6.45) is 6.50. The summed E-state index contributed by atoms with van der Waals surface area (Å²) in [6.45, 7) is 1.30. The smallest absolute Gasteiger partial charge is 0.269 e. The van der Waals surface area contributed by atoms with Crippen LogP contribution in [0.5, 0.6) is 0 Å². The minimum atomic E-state index is -0.298. The molecule has 4 rings (SSSR count). The van der Waals surface area contributed by atoms with Gasteiger partial charge in [0, 0.05) is 32.6 Å². The van der Waals surface area contributed by atoms with E-state index in [1.165, 1.54) is 0 Å². The first-order valence-corrected chi connectivity index (χ1v) is 9.34. The molecule has 144 valence electrons. The van der Waals surface area contributed by atoms with Crippen LogP contribution in [0.1, 0.15) is 31.2 Å². The van der Waals surface area contributed by atoms with Crippen molar-refractivity contribution >= 4 is 17.5 Å². The number of carbonyl (C=O) groups is 2. The summed E-state index contributed by atoms with van der Waals surface area (Å²) in [5, 5.41) is 6.82. The lowest BCUT2D eigenvalue weighted by Crippen LogP contribution is -2.45. The monoisotopic (exact) mass is 372 g/mol. The average molecular weight is 372 g/mol. The summed E-state index contributed by atoms with van der Waals surface area (Å²) in [5.74, 6) is -0.375. The fraction of sp³-hybridized carbons (Fsp3) is 0.579. The van der Waals surface area contributed by atoms with Gasteiger partial charge in [0.2, 0.25) is 5.91 Å². The number of ether oxygens (including phenoxy) is 1. The number of rotatable bonds is 6. The van der Waals surface area contributed by atoms with Gasteiger partial charge in [-0.05, 0) is 30.9 Å². The summed E-state index contributed by atoms with van der Waals surface area (Å²) in [6, 6.07) is 3.72. The van der Waals surface area contributed by atoms with E-state index in [0.29, 0.717) is 31.8 Å². The Bertz CT molecular complexity index is 742. The molecule has 1 saturated heterocycles. The lowest BCUT2D eigenvalue weighted by atomic mass is 9.77. The number of oxime groups is 1. The first kappa shape index (κ1) is 17.9. The van der Waals surface area contributed by atoms with Crippen LogP contribution in [0.4, 0.5) is 0 Å². The Morgan fingerprint density at radius 1 is 1.41 bits per heavy atom. The molecule has 3 heterocycles. The third-order valence-electron chi connectivity index (χ3n) is 5.84. The predicted molar refractivity (Wildman–Crippen MR) is 96.7 cm³/mol. The first-order valence-electron chi connectivity index (χ1n) is 9.34. The van der Waals surface area contributed by atoms with E-state index < -0.39 is 0 Å². The molecule has 2 fully saturated rings. The van der Waals surface area contributed by atoms with Gasteiger partial charge in [-0.1, -0.05) is 11.2 Å². The molecule has 0 spiro atoms. The van der Waals surface area contributed by atoms with E-state index in [1.54, 1.807) is 24.4 Å². The van der Waals surface area contributed by atoms with E-state index in [0.717, 1.165) is 24.8 Å². The molecule has 0 unspecified atom stereocenters. The maximum atomic E-state index is 12.7. The van der Waals surface area contributed by atoms with Crippen molar-refractivity contribution in [1.82, 2.24) is 15.2 Å². The minimum absolute atomic E-state index is 0.0599. The van der Waals surface area contributed by atoms with Gasteiger partial charge < -0.3 is 19.8 Å². The molecule has 1 aromatic heterocycles. The Morgan fingerprint density at radius 2 is 2.26 bits per heavy atom. The van der Waals surface area contributed by atoms with E-state index >= 15 is 0 Å². The van der Waals surface area contributed by atoms with Gasteiger partial charge in [-0.2, -0.15) is 0 Å². The number of nitrogens with zero attached hydrogens (tertiary/aromatic N) is 3. The zero-order valence-corrected chi connectivity index (χ0v) is 15.4. The number of likely N-dealkylation sites (tertiary alicyclic amines) is 1. The van der Waals surface area contributed by atoms with Crippen molar-refractivity contribution in [3.05, 3.63) is 30.1 Å². The van der Waals surface area contributed by atoms with Crippen LogP contribution in [-0.4, -0.2) is 59.3 Å². The zero-order valence-electron chi connectivity index (χ0n) is 15.4. The Balaban J connectivity index is 1.32. The molecule has 1 saturated carbocycles. The largest absolute Gasteiger partial charge is 0.389 e. The minimum Gasteiger partial charge on any atom is -0.389 e. The Kier molecular flexibility index (Phi) is 4.82. The van der Waals surface area contributed by atoms with Crippen molar-refractivity contribution in [2.75, 3.05) is 20.2 Å².